The van der Waals surface area contributed by atoms with Gasteiger partial charge in [0.2, 0.25) is 5.91 Å². The van der Waals surface area contributed by atoms with Crippen LogP contribution in [0.5, 0.6) is 6.01 Å². The number of likely N-dealkylation sites (tertiary alicyclic amines) is 2. The fourth-order valence-corrected chi connectivity index (χ4v) is 4.96. The maximum absolute atomic E-state index is 12.3. The highest BCUT2D eigenvalue weighted by Gasteiger charge is 2.36. The minimum absolute atomic E-state index is 0.0657. The van der Waals surface area contributed by atoms with Gasteiger partial charge in [0, 0.05) is 51.1 Å². The second kappa shape index (κ2) is 7.87. The van der Waals surface area contributed by atoms with E-state index in [1.165, 1.54) is 6.26 Å². The van der Waals surface area contributed by atoms with Gasteiger partial charge in [-0.05, 0) is 24.8 Å². The summed E-state index contributed by atoms with van der Waals surface area (Å²) in [6.07, 6.45) is 5.09. The molecule has 0 radical (unpaired) electrons. The molecule has 0 aromatic carbocycles. The summed E-state index contributed by atoms with van der Waals surface area (Å²) >= 11 is 0. The Morgan fingerprint density at radius 1 is 1.31 bits per heavy atom. The van der Waals surface area contributed by atoms with Crippen LogP contribution in [0.25, 0.3) is 0 Å². The zero-order chi connectivity index (χ0) is 18.7. The van der Waals surface area contributed by atoms with Crippen LogP contribution in [0, 0.1) is 5.92 Å². The second-order valence-corrected chi connectivity index (χ2v) is 9.44. The lowest BCUT2D eigenvalue weighted by molar-refractivity contribution is -0.130. The van der Waals surface area contributed by atoms with Crippen molar-refractivity contribution in [2.45, 2.75) is 31.8 Å². The summed E-state index contributed by atoms with van der Waals surface area (Å²) in [6, 6.07) is 2.47. The number of ether oxygens (including phenoxy) is 1. The van der Waals surface area contributed by atoms with E-state index in [2.05, 4.69) is 14.9 Å². The lowest BCUT2D eigenvalue weighted by Gasteiger charge is -2.36. The van der Waals surface area contributed by atoms with Gasteiger partial charge in [-0.1, -0.05) is 0 Å². The first-order valence-electron chi connectivity index (χ1n) is 8.89. The van der Waals surface area contributed by atoms with Crippen molar-refractivity contribution in [3.63, 3.8) is 0 Å². The number of hydrogen-bond donors (Lipinski definition) is 0. The Kier molecular flexibility index (Phi) is 5.76. The van der Waals surface area contributed by atoms with Crippen LogP contribution in [-0.2, 0) is 21.2 Å². The van der Waals surface area contributed by atoms with E-state index in [0.29, 0.717) is 19.0 Å². The highest BCUT2D eigenvalue weighted by Crippen LogP contribution is 2.26. The van der Waals surface area contributed by atoms with Crippen LogP contribution < -0.4 is 4.74 Å². The predicted molar refractivity (Wildman–Crippen MR) is 96.4 cm³/mol. The number of rotatable bonds is 6. The van der Waals surface area contributed by atoms with Gasteiger partial charge < -0.3 is 9.64 Å². The number of sulfone groups is 1. The van der Waals surface area contributed by atoms with Gasteiger partial charge >= 0.3 is 6.01 Å². The molecule has 9 heteroatoms. The number of amides is 1. The van der Waals surface area contributed by atoms with Crippen LogP contribution in [0.4, 0.5) is 0 Å². The summed E-state index contributed by atoms with van der Waals surface area (Å²) in [5.41, 5.74) is 0.917. The van der Waals surface area contributed by atoms with Gasteiger partial charge in [0.1, 0.15) is 9.84 Å². The van der Waals surface area contributed by atoms with E-state index in [1.807, 2.05) is 11.0 Å². The maximum atomic E-state index is 12.3. The predicted octanol–water partition coefficient (Wildman–Crippen LogP) is 0.343. The number of methoxy groups -OCH3 is 1. The smallest absolute Gasteiger partial charge is 0.316 e. The minimum Gasteiger partial charge on any atom is -0.467 e. The molecule has 1 aromatic heterocycles. The molecule has 2 fully saturated rings. The average molecular weight is 382 g/mol. The van der Waals surface area contributed by atoms with Gasteiger partial charge in [-0.25, -0.2) is 13.4 Å². The molecule has 2 aliphatic heterocycles. The molecular weight excluding hydrogens is 356 g/mol. The quantitative estimate of drug-likeness (QED) is 0.700. The van der Waals surface area contributed by atoms with E-state index in [1.54, 1.807) is 13.3 Å². The summed E-state index contributed by atoms with van der Waals surface area (Å²) in [5.74, 6) is 0.130. The molecular formula is C17H26N4O4S. The number of carbonyl (C=O) groups is 1. The molecule has 0 saturated carbocycles. The Balaban J connectivity index is 1.51. The van der Waals surface area contributed by atoms with E-state index in [4.69, 9.17) is 4.74 Å². The molecule has 2 aliphatic rings. The molecule has 3 heterocycles. The zero-order valence-corrected chi connectivity index (χ0v) is 16.1. The lowest BCUT2D eigenvalue weighted by atomic mass is 10.0. The fourth-order valence-electron chi connectivity index (χ4n) is 3.88. The Labute approximate surface area is 154 Å². The first-order valence-corrected chi connectivity index (χ1v) is 11.0. The number of carbonyl (C=O) groups excluding carboxylic acids is 1. The molecule has 3 rings (SSSR count). The topological polar surface area (TPSA) is 92.7 Å². The third-order valence-corrected chi connectivity index (χ3v) is 6.11. The molecule has 0 N–H and O–H groups in total. The van der Waals surface area contributed by atoms with Gasteiger partial charge in [-0.2, -0.15) is 4.98 Å². The first kappa shape index (κ1) is 19.0. The van der Waals surface area contributed by atoms with Gasteiger partial charge in [-0.3, -0.25) is 9.69 Å². The van der Waals surface area contributed by atoms with Crippen LogP contribution in [0.15, 0.2) is 12.3 Å². The minimum atomic E-state index is -3.04. The molecule has 0 spiro atoms. The van der Waals surface area contributed by atoms with Gasteiger partial charge in [0.05, 0.1) is 18.6 Å². The van der Waals surface area contributed by atoms with Crippen molar-refractivity contribution in [2.24, 2.45) is 5.92 Å². The van der Waals surface area contributed by atoms with Crippen LogP contribution >= 0.6 is 0 Å². The first-order chi connectivity index (χ1) is 12.3. The Hall–Kier alpha value is -1.74. The summed E-state index contributed by atoms with van der Waals surface area (Å²) < 4.78 is 28.0. The largest absolute Gasteiger partial charge is 0.467 e. The number of aromatic nitrogens is 2. The standard InChI is InChI=1S/C17H26N4O4S/c1-25-17-18-6-3-14(19-17)11-20-7-4-15(5-8-20)21-10-13(9-16(21)22)12-26(2,23)24/h3,6,13,15H,4-5,7-12H2,1-2H3. The highest BCUT2D eigenvalue weighted by molar-refractivity contribution is 7.90. The molecule has 1 atom stereocenters. The van der Waals surface area contributed by atoms with Crippen molar-refractivity contribution in [3.05, 3.63) is 18.0 Å². The number of hydrogen-bond acceptors (Lipinski definition) is 7. The van der Waals surface area contributed by atoms with Gasteiger partial charge in [-0.15, -0.1) is 0 Å². The SMILES string of the molecule is COc1nccc(CN2CCC(N3CC(CS(C)(=O)=O)CC3=O)CC2)n1. The molecule has 1 unspecified atom stereocenters. The fraction of sp³-hybridized carbons (Fsp3) is 0.706. The normalized spacial score (nSPS) is 22.8. The molecule has 0 bridgehead atoms. The summed E-state index contributed by atoms with van der Waals surface area (Å²) in [4.78, 5) is 24.9. The van der Waals surface area contributed by atoms with Crippen LogP contribution in [0.1, 0.15) is 25.0 Å². The highest BCUT2D eigenvalue weighted by atomic mass is 32.2. The molecule has 1 amide bonds. The Morgan fingerprint density at radius 2 is 2.04 bits per heavy atom. The average Bonchev–Trinajstić information content (AvgIpc) is 2.94. The van der Waals surface area contributed by atoms with E-state index < -0.39 is 9.84 Å². The van der Waals surface area contributed by atoms with Gasteiger partial charge in [0.25, 0.3) is 0 Å². The van der Waals surface area contributed by atoms with E-state index in [9.17, 15) is 13.2 Å². The molecule has 2 saturated heterocycles. The lowest BCUT2D eigenvalue weighted by Crippen LogP contribution is -2.45. The van der Waals surface area contributed by atoms with Crippen LogP contribution in [-0.4, -0.2) is 78.9 Å². The van der Waals surface area contributed by atoms with Crippen LogP contribution in [0.3, 0.4) is 0 Å². The molecule has 26 heavy (non-hydrogen) atoms. The van der Waals surface area contributed by atoms with Gasteiger partial charge in [0.15, 0.2) is 0 Å². The molecule has 8 nitrogen and oxygen atoms in total. The second-order valence-electron chi connectivity index (χ2n) is 7.25. The summed E-state index contributed by atoms with van der Waals surface area (Å²) in [5, 5.41) is 0. The van der Waals surface area contributed by atoms with Crippen molar-refractivity contribution in [3.8, 4) is 6.01 Å². The Morgan fingerprint density at radius 3 is 2.69 bits per heavy atom. The van der Waals surface area contributed by atoms with Crippen molar-refractivity contribution < 1.29 is 17.9 Å². The summed E-state index contributed by atoms with van der Waals surface area (Å²) in [7, 11) is -1.49. The molecule has 0 aliphatic carbocycles. The Bertz CT molecular complexity index is 747. The maximum Gasteiger partial charge on any atom is 0.316 e. The monoisotopic (exact) mass is 382 g/mol. The third-order valence-electron chi connectivity index (χ3n) is 5.03. The molecule has 1 aromatic rings. The van der Waals surface area contributed by atoms with Crippen molar-refractivity contribution in [1.82, 2.24) is 19.8 Å². The summed E-state index contributed by atoms with van der Waals surface area (Å²) in [6.45, 7) is 3.07. The van der Waals surface area contributed by atoms with E-state index in [0.717, 1.165) is 38.2 Å². The van der Waals surface area contributed by atoms with Crippen molar-refractivity contribution in [1.29, 1.82) is 0 Å². The van der Waals surface area contributed by atoms with E-state index >= 15 is 0 Å². The number of nitrogens with zero attached hydrogens (tertiary/aromatic N) is 4. The zero-order valence-electron chi connectivity index (χ0n) is 15.3. The van der Waals surface area contributed by atoms with Crippen molar-refractivity contribution in [2.75, 3.05) is 38.8 Å². The third kappa shape index (κ3) is 4.91. The van der Waals surface area contributed by atoms with Crippen molar-refractivity contribution >= 4 is 15.7 Å². The van der Waals surface area contributed by atoms with E-state index in [-0.39, 0.29) is 23.6 Å². The number of piperidine rings is 1. The molecule has 144 valence electrons. The van der Waals surface area contributed by atoms with Crippen LogP contribution in [0.2, 0.25) is 0 Å².